The predicted molar refractivity (Wildman–Crippen MR) is 80.4 cm³/mol. The van der Waals surface area contributed by atoms with Gasteiger partial charge in [0.2, 0.25) is 0 Å². The van der Waals surface area contributed by atoms with Crippen LogP contribution in [0.2, 0.25) is 5.02 Å². The normalized spacial score (nSPS) is 10.2. The monoisotopic (exact) mass is 257 g/mol. The van der Waals surface area contributed by atoms with Crippen molar-refractivity contribution in [1.29, 1.82) is 0 Å². The SMILES string of the molecule is C=C(c1ccc(Cl)cc1)c1ccc(N(C)C)cc1. The molecule has 0 bridgehead atoms. The number of hydrogen-bond acceptors (Lipinski definition) is 1. The lowest BCUT2D eigenvalue weighted by Crippen LogP contribution is -2.08. The summed E-state index contributed by atoms with van der Waals surface area (Å²) >= 11 is 5.88. The van der Waals surface area contributed by atoms with E-state index in [-0.39, 0.29) is 0 Å². The summed E-state index contributed by atoms with van der Waals surface area (Å²) < 4.78 is 0. The van der Waals surface area contributed by atoms with Crippen molar-refractivity contribution in [1.82, 2.24) is 0 Å². The molecular formula is C16H16ClN. The van der Waals surface area contributed by atoms with Crippen LogP contribution in [0.15, 0.2) is 55.1 Å². The maximum absolute atomic E-state index is 5.88. The third-order valence-electron chi connectivity index (χ3n) is 2.92. The average Bonchev–Trinajstić information content (AvgIpc) is 2.39. The third-order valence-corrected chi connectivity index (χ3v) is 3.18. The molecule has 2 heteroatoms. The molecule has 0 amide bonds. The van der Waals surface area contributed by atoms with Crippen LogP contribution in [0.5, 0.6) is 0 Å². The molecule has 0 fully saturated rings. The van der Waals surface area contributed by atoms with Crippen molar-refractivity contribution in [2.45, 2.75) is 0 Å². The van der Waals surface area contributed by atoms with Crippen molar-refractivity contribution in [2.24, 2.45) is 0 Å². The van der Waals surface area contributed by atoms with Crippen LogP contribution in [-0.2, 0) is 0 Å². The second-order valence-electron chi connectivity index (χ2n) is 4.43. The molecule has 0 aromatic heterocycles. The van der Waals surface area contributed by atoms with Gasteiger partial charge in [-0.15, -0.1) is 0 Å². The first-order valence-corrected chi connectivity index (χ1v) is 6.18. The molecule has 0 heterocycles. The van der Waals surface area contributed by atoms with Crippen LogP contribution in [0.3, 0.4) is 0 Å². The summed E-state index contributed by atoms with van der Waals surface area (Å²) in [4.78, 5) is 2.08. The zero-order valence-corrected chi connectivity index (χ0v) is 11.4. The van der Waals surface area contributed by atoms with Crippen LogP contribution in [0.25, 0.3) is 5.57 Å². The van der Waals surface area contributed by atoms with Gasteiger partial charge in [-0.05, 0) is 41.0 Å². The fourth-order valence-corrected chi connectivity index (χ4v) is 1.90. The second-order valence-corrected chi connectivity index (χ2v) is 4.86. The highest BCUT2D eigenvalue weighted by atomic mass is 35.5. The summed E-state index contributed by atoms with van der Waals surface area (Å²) in [5.74, 6) is 0. The largest absolute Gasteiger partial charge is 0.378 e. The van der Waals surface area contributed by atoms with E-state index in [9.17, 15) is 0 Å². The Morgan fingerprint density at radius 3 is 1.78 bits per heavy atom. The molecule has 0 aliphatic heterocycles. The zero-order valence-electron chi connectivity index (χ0n) is 10.7. The van der Waals surface area contributed by atoms with Crippen molar-refractivity contribution >= 4 is 22.9 Å². The summed E-state index contributed by atoms with van der Waals surface area (Å²) in [7, 11) is 4.06. The Morgan fingerprint density at radius 2 is 1.33 bits per heavy atom. The van der Waals surface area contributed by atoms with Gasteiger partial charge in [-0.2, -0.15) is 0 Å². The summed E-state index contributed by atoms with van der Waals surface area (Å²) in [6.45, 7) is 4.14. The lowest BCUT2D eigenvalue weighted by atomic mass is 9.99. The summed E-state index contributed by atoms with van der Waals surface area (Å²) in [6, 6.07) is 16.1. The number of benzene rings is 2. The molecule has 0 radical (unpaired) electrons. The van der Waals surface area contributed by atoms with E-state index in [4.69, 9.17) is 11.6 Å². The number of hydrogen-bond donors (Lipinski definition) is 0. The number of anilines is 1. The summed E-state index contributed by atoms with van der Waals surface area (Å²) in [5, 5.41) is 0.745. The average molecular weight is 258 g/mol. The first-order chi connectivity index (χ1) is 8.58. The van der Waals surface area contributed by atoms with E-state index in [1.807, 2.05) is 38.4 Å². The van der Waals surface area contributed by atoms with Gasteiger partial charge in [-0.1, -0.05) is 42.4 Å². The minimum absolute atomic E-state index is 0.745. The van der Waals surface area contributed by atoms with E-state index < -0.39 is 0 Å². The van der Waals surface area contributed by atoms with E-state index >= 15 is 0 Å². The van der Waals surface area contributed by atoms with Crippen LogP contribution in [-0.4, -0.2) is 14.1 Å². The van der Waals surface area contributed by atoms with Gasteiger partial charge in [0.05, 0.1) is 0 Å². The molecule has 2 aromatic rings. The molecule has 0 spiro atoms. The molecule has 0 N–H and O–H groups in total. The highest BCUT2D eigenvalue weighted by Gasteiger charge is 2.03. The van der Waals surface area contributed by atoms with Gasteiger partial charge in [0, 0.05) is 24.8 Å². The van der Waals surface area contributed by atoms with Gasteiger partial charge in [-0.3, -0.25) is 0 Å². The van der Waals surface area contributed by atoms with Crippen molar-refractivity contribution in [3.05, 3.63) is 71.3 Å². The molecule has 2 aromatic carbocycles. The van der Waals surface area contributed by atoms with Gasteiger partial charge >= 0.3 is 0 Å². The van der Waals surface area contributed by atoms with Crippen LogP contribution in [0.4, 0.5) is 5.69 Å². The first kappa shape index (κ1) is 12.7. The quantitative estimate of drug-likeness (QED) is 0.784. The van der Waals surface area contributed by atoms with Gasteiger partial charge in [0.1, 0.15) is 0 Å². The minimum Gasteiger partial charge on any atom is -0.378 e. The third kappa shape index (κ3) is 2.74. The van der Waals surface area contributed by atoms with Crippen molar-refractivity contribution in [3.8, 4) is 0 Å². The molecule has 92 valence electrons. The Hall–Kier alpha value is -1.73. The fourth-order valence-electron chi connectivity index (χ4n) is 1.78. The maximum Gasteiger partial charge on any atom is 0.0406 e. The second kappa shape index (κ2) is 5.28. The summed E-state index contributed by atoms with van der Waals surface area (Å²) in [5.41, 5.74) is 4.42. The highest BCUT2D eigenvalue weighted by molar-refractivity contribution is 6.30. The number of nitrogens with zero attached hydrogens (tertiary/aromatic N) is 1. The molecule has 0 aliphatic carbocycles. The lowest BCUT2D eigenvalue weighted by Gasteiger charge is -2.13. The van der Waals surface area contributed by atoms with Crippen LogP contribution < -0.4 is 4.90 Å². The highest BCUT2D eigenvalue weighted by Crippen LogP contribution is 2.24. The van der Waals surface area contributed by atoms with E-state index in [0.29, 0.717) is 0 Å². The Balaban J connectivity index is 2.26. The molecule has 18 heavy (non-hydrogen) atoms. The predicted octanol–water partition coefficient (Wildman–Crippen LogP) is 4.47. The van der Waals surface area contributed by atoms with Crippen LogP contribution in [0.1, 0.15) is 11.1 Å². The van der Waals surface area contributed by atoms with Crippen LogP contribution in [0, 0.1) is 0 Å². The van der Waals surface area contributed by atoms with Gasteiger partial charge in [0.15, 0.2) is 0 Å². The molecule has 1 nitrogen and oxygen atoms in total. The standard InChI is InChI=1S/C16H16ClN/c1-12(13-4-8-15(17)9-5-13)14-6-10-16(11-7-14)18(2)3/h4-11H,1H2,2-3H3. The van der Waals surface area contributed by atoms with E-state index in [1.54, 1.807) is 0 Å². The molecule has 0 saturated heterocycles. The number of rotatable bonds is 3. The maximum atomic E-state index is 5.88. The Kier molecular flexibility index (Phi) is 3.73. The van der Waals surface area contributed by atoms with Crippen molar-refractivity contribution in [3.63, 3.8) is 0 Å². The minimum atomic E-state index is 0.745. The van der Waals surface area contributed by atoms with Gasteiger partial charge < -0.3 is 4.90 Å². The molecule has 0 saturated carbocycles. The molecule has 0 atom stereocenters. The molecular weight excluding hydrogens is 242 g/mol. The van der Waals surface area contributed by atoms with Gasteiger partial charge in [-0.25, -0.2) is 0 Å². The molecule has 0 aliphatic rings. The Bertz CT molecular complexity index is 538. The Morgan fingerprint density at radius 1 is 0.889 bits per heavy atom. The smallest absolute Gasteiger partial charge is 0.0406 e. The molecule has 0 unspecified atom stereocenters. The lowest BCUT2D eigenvalue weighted by molar-refractivity contribution is 1.13. The van der Waals surface area contributed by atoms with E-state index in [0.717, 1.165) is 21.7 Å². The Labute approximate surface area is 113 Å². The fraction of sp³-hybridized carbons (Fsp3) is 0.125. The van der Waals surface area contributed by atoms with E-state index in [1.165, 1.54) is 5.69 Å². The topological polar surface area (TPSA) is 3.24 Å². The summed E-state index contributed by atoms with van der Waals surface area (Å²) in [6.07, 6.45) is 0. The van der Waals surface area contributed by atoms with E-state index in [2.05, 4.69) is 35.7 Å². The zero-order chi connectivity index (χ0) is 13.1. The first-order valence-electron chi connectivity index (χ1n) is 5.80. The van der Waals surface area contributed by atoms with Crippen molar-refractivity contribution in [2.75, 3.05) is 19.0 Å². The van der Waals surface area contributed by atoms with Crippen LogP contribution >= 0.6 is 11.6 Å². The number of halogens is 1. The molecule has 2 rings (SSSR count). The van der Waals surface area contributed by atoms with Crippen molar-refractivity contribution < 1.29 is 0 Å². The van der Waals surface area contributed by atoms with Gasteiger partial charge in [0.25, 0.3) is 0 Å².